The van der Waals surface area contributed by atoms with Crippen LogP contribution < -0.4 is 21.7 Å². The Morgan fingerprint density at radius 1 is 0.829 bits per heavy atom. The maximum absolute atomic E-state index is 13.5. The molecule has 0 spiro atoms. The second-order valence-corrected chi connectivity index (χ2v) is 9.68. The third kappa shape index (κ3) is 8.80. The number of phenols is 1. The molecule has 13 nitrogen and oxygen atoms in total. The molecule has 218 valence electrons. The summed E-state index contributed by atoms with van der Waals surface area (Å²) in [5.41, 5.74) is 7.58. The summed E-state index contributed by atoms with van der Waals surface area (Å²) in [6.07, 6.45) is 0.826. The molecule has 0 fully saturated rings. The van der Waals surface area contributed by atoms with Crippen LogP contribution in [0.5, 0.6) is 5.75 Å². The van der Waals surface area contributed by atoms with E-state index < -0.39 is 60.2 Å². The van der Waals surface area contributed by atoms with Gasteiger partial charge in [0.05, 0.1) is 6.04 Å². The SMILES string of the molecule is CC(N)C(=O)NC(CCC(=O)O)C(=O)NC(Cc1c[nH]c2ccccc12)C(=O)NC(Cc1ccc(O)cc1)C(=O)O. The third-order valence-corrected chi connectivity index (χ3v) is 6.42. The first-order valence-corrected chi connectivity index (χ1v) is 12.9. The lowest BCUT2D eigenvalue weighted by molar-refractivity contribution is -0.142. The Kier molecular flexibility index (Phi) is 10.4. The molecule has 4 unspecified atom stereocenters. The highest BCUT2D eigenvalue weighted by molar-refractivity contribution is 5.95. The first-order chi connectivity index (χ1) is 19.4. The van der Waals surface area contributed by atoms with Crippen LogP contribution in [-0.4, -0.2) is 74.1 Å². The van der Waals surface area contributed by atoms with E-state index in [1.807, 2.05) is 18.2 Å². The minimum Gasteiger partial charge on any atom is -0.508 e. The number of carbonyl (C=O) groups excluding carboxylic acids is 3. The second-order valence-electron chi connectivity index (χ2n) is 9.68. The van der Waals surface area contributed by atoms with Gasteiger partial charge in [0.25, 0.3) is 0 Å². The maximum Gasteiger partial charge on any atom is 0.326 e. The zero-order valence-corrected chi connectivity index (χ0v) is 22.3. The number of H-pyrrole nitrogens is 1. The molecule has 3 aromatic rings. The first kappa shape index (κ1) is 30.6. The molecular formula is C28H33N5O8. The average Bonchev–Trinajstić information content (AvgIpc) is 3.33. The third-order valence-electron chi connectivity index (χ3n) is 6.42. The quantitative estimate of drug-likeness (QED) is 0.135. The van der Waals surface area contributed by atoms with Crippen molar-refractivity contribution >= 4 is 40.6 Å². The van der Waals surface area contributed by atoms with Gasteiger partial charge in [-0.1, -0.05) is 30.3 Å². The number of fused-ring (bicyclic) bond motifs is 1. The summed E-state index contributed by atoms with van der Waals surface area (Å²) in [5, 5.41) is 36.6. The van der Waals surface area contributed by atoms with Gasteiger partial charge in [0.15, 0.2) is 0 Å². The van der Waals surface area contributed by atoms with E-state index >= 15 is 0 Å². The van der Waals surface area contributed by atoms with Crippen LogP contribution in [0.15, 0.2) is 54.7 Å². The number of benzene rings is 2. The molecule has 1 heterocycles. The van der Waals surface area contributed by atoms with Gasteiger partial charge in [-0.2, -0.15) is 0 Å². The van der Waals surface area contributed by atoms with Crippen molar-refractivity contribution in [2.45, 2.75) is 56.8 Å². The van der Waals surface area contributed by atoms with Crippen molar-refractivity contribution in [3.63, 3.8) is 0 Å². The molecule has 3 amide bonds. The van der Waals surface area contributed by atoms with Crippen molar-refractivity contribution < 1.29 is 39.3 Å². The number of aliphatic carboxylic acids is 2. The van der Waals surface area contributed by atoms with Crippen LogP contribution in [0.4, 0.5) is 0 Å². The topological polar surface area (TPSA) is 224 Å². The number of nitrogens with one attached hydrogen (secondary N) is 4. The molecule has 1 aromatic heterocycles. The van der Waals surface area contributed by atoms with Gasteiger partial charge in [-0.3, -0.25) is 19.2 Å². The van der Waals surface area contributed by atoms with Gasteiger partial charge in [0.2, 0.25) is 17.7 Å². The van der Waals surface area contributed by atoms with Crippen molar-refractivity contribution in [2.75, 3.05) is 0 Å². The molecule has 9 N–H and O–H groups in total. The molecule has 4 atom stereocenters. The van der Waals surface area contributed by atoms with Gasteiger partial charge in [-0.05, 0) is 42.7 Å². The maximum atomic E-state index is 13.5. The van der Waals surface area contributed by atoms with Crippen LogP contribution in [0.25, 0.3) is 10.9 Å². The van der Waals surface area contributed by atoms with Crippen LogP contribution >= 0.6 is 0 Å². The molecule has 0 saturated carbocycles. The van der Waals surface area contributed by atoms with E-state index in [4.69, 9.17) is 10.8 Å². The average molecular weight is 568 g/mol. The Balaban J connectivity index is 1.87. The highest BCUT2D eigenvalue weighted by Crippen LogP contribution is 2.20. The van der Waals surface area contributed by atoms with Crippen LogP contribution in [0, 0.1) is 0 Å². The molecular weight excluding hydrogens is 534 g/mol. The monoisotopic (exact) mass is 567 g/mol. The smallest absolute Gasteiger partial charge is 0.326 e. The fourth-order valence-corrected chi connectivity index (χ4v) is 4.18. The molecule has 3 rings (SSSR count). The summed E-state index contributed by atoms with van der Waals surface area (Å²) in [6.45, 7) is 1.40. The molecule has 0 bridgehead atoms. The number of carbonyl (C=O) groups is 5. The van der Waals surface area contributed by atoms with E-state index in [0.29, 0.717) is 11.1 Å². The number of carboxylic acids is 2. The van der Waals surface area contributed by atoms with Crippen LogP contribution in [0.2, 0.25) is 0 Å². The first-order valence-electron chi connectivity index (χ1n) is 12.9. The number of phenolic OH excluding ortho intramolecular Hbond substituents is 1. The summed E-state index contributed by atoms with van der Waals surface area (Å²) in [7, 11) is 0. The number of hydrogen-bond acceptors (Lipinski definition) is 7. The largest absolute Gasteiger partial charge is 0.508 e. The van der Waals surface area contributed by atoms with Gasteiger partial charge in [-0.15, -0.1) is 0 Å². The molecule has 2 aromatic carbocycles. The summed E-state index contributed by atoms with van der Waals surface area (Å²) in [5.74, 6) is -4.82. The molecule has 0 aliphatic heterocycles. The Hall–Kier alpha value is -4.91. The highest BCUT2D eigenvalue weighted by atomic mass is 16.4. The number of aromatic nitrogens is 1. The molecule has 41 heavy (non-hydrogen) atoms. The summed E-state index contributed by atoms with van der Waals surface area (Å²) < 4.78 is 0. The Morgan fingerprint density at radius 2 is 1.44 bits per heavy atom. The Morgan fingerprint density at radius 3 is 2.07 bits per heavy atom. The van der Waals surface area contributed by atoms with Gasteiger partial charge in [0, 0.05) is 36.4 Å². The predicted octanol–water partition coefficient (Wildman–Crippen LogP) is 0.410. The summed E-state index contributed by atoms with van der Waals surface area (Å²) in [4.78, 5) is 65.2. The molecule has 0 aliphatic rings. The van der Waals surface area contributed by atoms with Crippen molar-refractivity contribution in [1.82, 2.24) is 20.9 Å². The number of amides is 3. The Bertz CT molecular complexity index is 1400. The van der Waals surface area contributed by atoms with E-state index in [1.54, 1.807) is 12.3 Å². The lowest BCUT2D eigenvalue weighted by atomic mass is 10.0. The predicted molar refractivity (Wildman–Crippen MR) is 148 cm³/mol. The van der Waals surface area contributed by atoms with Crippen molar-refractivity contribution in [3.05, 3.63) is 65.9 Å². The lowest BCUT2D eigenvalue weighted by Crippen LogP contribution is -2.57. The number of aromatic amines is 1. The normalized spacial score (nSPS) is 13.9. The van der Waals surface area contributed by atoms with Crippen molar-refractivity contribution in [2.24, 2.45) is 5.73 Å². The van der Waals surface area contributed by atoms with Crippen molar-refractivity contribution in [3.8, 4) is 5.75 Å². The zero-order valence-electron chi connectivity index (χ0n) is 22.3. The number of rotatable bonds is 14. The van der Waals surface area contributed by atoms with Gasteiger partial charge in [0.1, 0.15) is 23.9 Å². The van der Waals surface area contributed by atoms with Gasteiger partial charge in [-0.25, -0.2) is 4.79 Å². The van der Waals surface area contributed by atoms with E-state index in [2.05, 4.69) is 20.9 Å². The second kappa shape index (κ2) is 13.9. The molecule has 0 radical (unpaired) electrons. The van der Waals surface area contributed by atoms with Crippen molar-refractivity contribution in [1.29, 1.82) is 0 Å². The minimum absolute atomic E-state index is 0.000242. The minimum atomic E-state index is -1.37. The zero-order chi connectivity index (χ0) is 30.1. The number of hydrogen-bond donors (Lipinski definition) is 8. The van der Waals surface area contributed by atoms with Gasteiger partial charge >= 0.3 is 11.9 Å². The van der Waals surface area contributed by atoms with E-state index in [9.17, 15) is 34.2 Å². The fourth-order valence-electron chi connectivity index (χ4n) is 4.18. The lowest BCUT2D eigenvalue weighted by Gasteiger charge is -2.25. The van der Waals surface area contributed by atoms with E-state index in [-0.39, 0.29) is 25.0 Å². The van der Waals surface area contributed by atoms with Crippen LogP contribution in [-0.2, 0) is 36.8 Å². The molecule has 0 aliphatic carbocycles. The van der Waals surface area contributed by atoms with E-state index in [0.717, 1.165) is 10.9 Å². The number of carboxylic acid groups (broad SMARTS) is 2. The standard InChI is InChI=1S/C28H33N5O8/c1-15(29)25(37)31-21(10-11-24(35)36)26(38)32-22(13-17-14-30-20-5-3-2-4-19(17)20)27(39)33-23(28(40)41)12-16-6-8-18(34)9-7-16/h2-9,14-15,21-23,30,34H,10-13,29H2,1H3,(H,31,37)(H,32,38)(H,33,39)(H,35,36)(H,40,41). The number of aromatic hydroxyl groups is 1. The number of nitrogens with two attached hydrogens (primary N) is 1. The molecule has 0 saturated heterocycles. The Labute approximate surface area is 235 Å². The number of para-hydroxylation sites is 1. The van der Waals surface area contributed by atoms with Crippen LogP contribution in [0.1, 0.15) is 30.9 Å². The molecule has 13 heteroatoms. The fraction of sp³-hybridized carbons (Fsp3) is 0.321. The van der Waals surface area contributed by atoms with E-state index in [1.165, 1.54) is 31.2 Å². The summed E-state index contributed by atoms with van der Waals surface area (Å²) in [6, 6.07) is 8.17. The van der Waals surface area contributed by atoms with Gasteiger partial charge < -0.3 is 42.0 Å². The highest BCUT2D eigenvalue weighted by Gasteiger charge is 2.31. The van der Waals surface area contributed by atoms with Crippen LogP contribution in [0.3, 0.4) is 0 Å². The summed E-state index contributed by atoms with van der Waals surface area (Å²) >= 11 is 0.